The molecule has 0 aliphatic heterocycles. The topological polar surface area (TPSA) is 46.5 Å². The van der Waals surface area contributed by atoms with Gasteiger partial charge in [-0.05, 0) is 91.6 Å². The standard InChI is InChI=1S/C20H32O3/c1-17(2,3)16(21)23-18(4,5)14-11-20(19(6,7)22)9-12-8-13(10-20)15(12)14/h12-13,22H,8-11H2,1-7H3. The largest absolute Gasteiger partial charge is 0.455 e. The van der Waals surface area contributed by atoms with Crippen molar-refractivity contribution >= 4 is 5.97 Å². The van der Waals surface area contributed by atoms with E-state index in [1.54, 1.807) is 5.57 Å². The normalized spacial score (nSPS) is 33.6. The number of rotatable bonds is 3. The van der Waals surface area contributed by atoms with Crippen molar-refractivity contribution in [3.63, 3.8) is 0 Å². The highest BCUT2D eigenvalue weighted by Gasteiger charge is 2.62. The third-order valence-corrected chi connectivity index (χ3v) is 6.57. The first kappa shape index (κ1) is 17.0. The summed E-state index contributed by atoms with van der Waals surface area (Å²) in [6, 6.07) is 0. The number of hydrogen-bond acceptors (Lipinski definition) is 3. The Morgan fingerprint density at radius 2 is 1.61 bits per heavy atom. The SMILES string of the molecule is CC(C)(C)C(=O)OC(C)(C)C1=C2C3CC2CC(C(C)(C)O)(C1)C3. The number of aliphatic hydroxyl groups is 1. The molecule has 2 unspecified atom stereocenters. The summed E-state index contributed by atoms with van der Waals surface area (Å²) in [5.74, 6) is 1.04. The Morgan fingerprint density at radius 3 is 2.04 bits per heavy atom. The van der Waals surface area contributed by atoms with E-state index in [0.29, 0.717) is 11.8 Å². The molecule has 4 bridgehead atoms. The third-order valence-electron chi connectivity index (χ3n) is 6.57. The van der Waals surface area contributed by atoms with Crippen LogP contribution in [-0.2, 0) is 9.53 Å². The van der Waals surface area contributed by atoms with Crippen LogP contribution < -0.4 is 0 Å². The van der Waals surface area contributed by atoms with Gasteiger partial charge in [-0.25, -0.2) is 0 Å². The van der Waals surface area contributed by atoms with Crippen LogP contribution in [0.5, 0.6) is 0 Å². The van der Waals surface area contributed by atoms with Crippen molar-refractivity contribution in [2.24, 2.45) is 22.7 Å². The molecule has 1 N–H and O–H groups in total. The summed E-state index contributed by atoms with van der Waals surface area (Å²) in [6.45, 7) is 13.6. The predicted molar refractivity (Wildman–Crippen MR) is 90.8 cm³/mol. The Kier molecular flexibility index (Phi) is 3.42. The van der Waals surface area contributed by atoms with Crippen molar-refractivity contribution < 1.29 is 14.6 Å². The van der Waals surface area contributed by atoms with Crippen LogP contribution in [0.3, 0.4) is 0 Å². The summed E-state index contributed by atoms with van der Waals surface area (Å²) in [7, 11) is 0. The molecule has 0 aromatic rings. The first-order chi connectivity index (χ1) is 10.3. The number of carbonyl (C=O) groups excluding carboxylic acids is 1. The minimum atomic E-state index is -0.689. The number of carbonyl (C=O) groups is 1. The Balaban J connectivity index is 1.93. The van der Waals surface area contributed by atoms with E-state index in [4.69, 9.17) is 4.74 Å². The van der Waals surface area contributed by atoms with Gasteiger partial charge < -0.3 is 9.84 Å². The average Bonchev–Trinajstić information content (AvgIpc) is 2.35. The van der Waals surface area contributed by atoms with Crippen LogP contribution in [-0.4, -0.2) is 22.3 Å². The van der Waals surface area contributed by atoms with E-state index < -0.39 is 16.6 Å². The van der Waals surface area contributed by atoms with E-state index >= 15 is 0 Å². The molecule has 5 aliphatic rings. The Bertz CT molecular complexity index is 555. The molecule has 0 amide bonds. The molecule has 3 nitrogen and oxygen atoms in total. The summed E-state index contributed by atoms with van der Waals surface area (Å²) in [4.78, 5) is 12.4. The molecular weight excluding hydrogens is 288 g/mol. The lowest BCUT2D eigenvalue weighted by Gasteiger charge is -2.64. The van der Waals surface area contributed by atoms with E-state index in [1.807, 2.05) is 48.5 Å². The highest BCUT2D eigenvalue weighted by atomic mass is 16.6. The van der Waals surface area contributed by atoms with Gasteiger partial charge >= 0.3 is 5.97 Å². The summed E-state index contributed by atoms with van der Waals surface area (Å²) < 4.78 is 5.94. The molecule has 0 spiro atoms. The van der Waals surface area contributed by atoms with Gasteiger partial charge in [-0.1, -0.05) is 5.57 Å². The maximum Gasteiger partial charge on any atom is 0.312 e. The van der Waals surface area contributed by atoms with E-state index in [2.05, 4.69) is 0 Å². The molecule has 5 aliphatic carbocycles. The molecule has 2 atom stereocenters. The van der Waals surface area contributed by atoms with Crippen LogP contribution in [0.25, 0.3) is 0 Å². The lowest BCUT2D eigenvalue weighted by molar-refractivity contribution is -0.167. The highest BCUT2D eigenvalue weighted by Crippen LogP contribution is 2.68. The zero-order valence-corrected chi connectivity index (χ0v) is 15.7. The molecular formula is C20H32O3. The molecule has 0 aromatic heterocycles. The number of allylic oxidation sites excluding steroid dienone is 1. The van der Waals surface area contributed by atoms with E-state index in [0.717, 1.165) is 19.3 Å². The second-order valence-electron chi connectivity index (χ2n) is 10.1. The molecule has 3 saturated carbocycles. The van der Waals surface area contributed by atoms with Crippen molar-refractivity contribution in [1.29, 1.82) is 0 Å². The Hall–Kier alpha value is -0.830. The van der Waals surface area contributed by atoms with Crippen LogP contribution in [0.4, 0.5) is 0 Å². The van der Waals surface area contributed by atoms with Crippen LogP contribution in [0.15, 0.2) is 11.1 Å². The minimum absolute atomic E-state index is 0.0525. The van der Waals surface area contributed by atoms with Gasteiger partial charge in [0.25, 0.3) is 0 Å². The maximum absolute atomic E-state index is 12.4. The number of hydrogen-bond donors (Lipinski definition) is 1. The Morgan fingerprint density at radius 1 is 1.09 bits per heavy atom. The molecule has 0 saturated heterocycles. The highest BCUT2D eigenvalue weighted by molar-refractivity contribution is 5.76. The molecule has 3 heteroatoms. The monoisotopic (exact) mass is 320 g/mol. The number of esters is 1. The van der Waals surface area contributed by atoms with E-state index in [1.165, 1.54) is 12.0 Å². The first-order valence-electron chi connectivity index (χ1n) is 8.96. The summed E-state index contributed by atoms with van der Waals surface area (Å²) >= 11 is 0. The maximum atomic E-state index is 12.4. The first-order valence-corrected chi connectivity index (χ1v) is 8.96. The smallest absolute Gasteiger partial charge is 0.312 e. The molecule has 0 aromatic carbocycles. The van der Waals surface area contributed by atoms with Crippen molar-refractivity contribution in [1.82, 2.24) is 0 Å². The summed E-state index contributed by atoms with van der Waals surface area (Å²) in [5.41, 5.74) is 1.02. The quantitative estimate of drug-likeness (QED) is 0.625. The van der Waals surface area contributed by atoms with Crippen molar-refractivity contribution in [2.45, 2.75) is 85.4 Å². The number of fused-ring (bicyclic) bond motifs is 1. The van der Waals surface area contributed by atoms with Gasteiger partial charge in [0.2, 0.25) is 0 Å². The third kappa shape index (κ3) is 2.47. The second-order valence-corrected chi connectivity index (χ2v) is 10.1. The fourth-order valence-electron chi connectivity index (χ4n) is 4.98. The zero-order valence-electron chi connectivity index (χ0n) is 15.7. The molecule has 3 fully saturated rings. The van der Waals surface area contributed by atoms with Gasteiger partial charge in [-0.15, -0.1) is 0 Å². The van der Waals surface area contributed by atoms with Gasteiger partial charge in [0.05, 0.1) is 11.0 Å². The molecule has 0 heterocycles. The van der Waals surface area contributed by atoms with Crippen molar-refractivity contribution in [3.05, 3.63) is 11.1 Å². The van der Waals surface area contributed by atoms with Crippen LogP contribution in [0, 0.1) is 22.7 Å². The average molecular weight is 320 g/mol. The van der Waals surface area contributed by atoms with Gasteiger partial charge in [0.1, 0.15) is 5.60 Å². The fourth-order valence-corrected chi connectivity index (χ4v) is 4.98. The molecule has 0 radical (unpaired) electrons. The molecule has 23 heavy (non-hydrogen) atoms. The predicted octanol–water partition coefficient (Wildman–Crippen LogP) is 4.24. The Labute approximate surface area is 140 Å². The van der Waals surface area contributed by atoms with E-state index in [-0.39, 0.29) is 11.4 Å². The second kappa shape index (κ2) is 4.62. The van der Waals surface area contributed by atoms with Crippen molar-refractivity contribution in [2.75, 3.05) is 0 Å². The van der Waals surface area contributed by atoms with Gasteiger partial charge in [-0.3, -0.25) is 4.79 Å². The van der Waals surface area contributed by atoms with Gasteiger partial charge in [0, 0.05) is 5.41 Å². The zero-order chi connectivity index (χ0) is 17.4. The van der Waals surface area contributed by atoms with Crippen molar-refractivity contribution in [3.8, 4) is 0 Å². The number of ether oxygens (including phenoxy) is 1. The lowest BCUT2D eigenvalue weighted by atomic mass is 9.42. The molecule has 130 valence electrons. The van der Waals surface area contributed by atoms with Gasteiger partial charge in [0.15, 0.2) is 0 Å². The van der Waals surface area contributed by atoms with Crippen LogP contribution in [0.2, 0.25) is 0 Å². The minimum Gasteiger partial charge on any atom is -0.455 e. The van der Waals surface area contributed by atoms with Crippen LogP contribution >= 0.6 is 0 Å². The fraction of sp³-hybridized carbons (Fsp3) is 0.850. The molecule has 5 rings (SSSR count). The lowest BCUT2D eigenvalue weighted by Crippen LogP contribution is -2.59. The van der Waals surface area contributed by atoms with Crippen LogP contribution in [0.1, 0.15) is 74.1 Å². The summed E-state index contributed by atoms with van der Waals surface area (Å²) in [6.07, 6.45) is 4.30. The summed E-state index contributed by atoms with van der Waals surface area (Å²) in [5, 5.41) is 10.8. The van der Waals surface area contributed by atoms with Gasteiger partial charge in [-0.2, -0.15) is 0 Å². The van der Waals surface area contributed by atoms with E-state index in [9.17, 15) is 9.90 Å².